The minimum Gasteiger partial charge on any atom is -0.477 e. The van der Waals surface area contributed by atoms with Crippen LogP contribution in [0.3, 0.4) is 0 Å². The molecule has 0 amide bonds. The molecule has 1 rings (SSSR count). The van der Waals surface area contributed by atoms with Crippen LogP contribution < -0.4 is 10.1 Å². The molecule has 0 spiro atoms. The molecule has 1 aromatic heterocycles. The van der Waals surface area contributed by atoms with Crippen LogP contribution >= 0.6 is 0 Å². The van der Waals surface area contributed by atoms with Crippen molar-refractivity contribution in [3.8, 4) is 5.88 Å². The molecule has 0 aromatic carbocycles. The fourth-order valence-electron chi connectivity index (χ4n) is 1.32. The lowest BCUT2D eigenvalue weighted by Crippen LogP contribution is -2.35. The highest BCUT2D eigenvalue weighted by Gasteiger charge is 2.26. The molecule has 0 radical (unpaired) electrons. The molecule has 114 valence electrons. The van der Waals surface area contributed by atoms with Gasteiger partial charge in [-0.05, 0) is 33.3 Å². The summed E-state index contributed by atoms with van der Waals surface area (Å²) in [5, 5.41) is 11.0. The topological polar surface area (TPSA) is 47.0 Å². The monoisotopic (exact) mass is 291 g/mol. The van der Waals surface area contributed by atoms with E-state index in [9.17, 15) is 13.2 Å². The minimum atomic E-state index is -4.14. The van der Waals surface area contributed by atoms with Gasteiger partial charge in [-0.25, -0.2) is 0 Å². The third kappa shape index (κ3) is 7.93. The summed E-state index contributed by atoms with van der Waals surface area (Å²) in [6, 6.07) is 3.35. The maximum atomic E-state index is 11.9. The van der Waals surface area contributed by atoms with Crippen molar-refractivity contribution in [2.45, 2.75) is 51.9 Å². The number of hydrogen-bond donors (Lipinski definition) is 1. The Bertz CT molecular complexity index is 399. The molecule has 0 aliphatic carbocycles. The summed E-state index contributed by atoms with van der Waals surface area (Å²) >= 11 is 0. The van der Waals surface area contributed by atoms with Crippen molar-refractivity contribution in [1.82, 2.24) is 15.5 Å². The van der Waals surface area contributed by atoms with E-state index in [1.165, 1.54) is 0 Å². The summed E-state index contributed by atoms with van der Waals surface area (Å²) in [5.41, 5.74) is 0.733. The maximum absolute atomic E-state index is 11.9. The van der Waals surface area contributed by atoms with Crippen molar-refractivity contribution in [3.05, 3.63) is 17.8 Å². The molecule has 0 aliphatic heterocycles. The average molecular weight is 291 g/mol. The fourth-order valence-corrected chi connectivity index (χ4v) is 1.32. The first-order chi connectivity index (χ1) is 9.16. The van der Waals surface area contributed by atoms with Crippen LogP contribution in [0.25, 0.3) is 0 Å². The van der Waals surface area contributed by atoms with Gasteiger partial charge in [-0.3, -0.25) is 0 Å². The summed E-state index contributed by atoms with van der Waals surface area (Å²) in [5.74, 6) is 0.242. The number of hydrogen-bond acceptors (Lipinski definition) is 4. The van der Waals surface area contributed by atoms with Gasteiger partial charge in [-0.2, -0.15) is 18.3 Å². The average Bonchev–Trinajstić information content (AvgIpc) is 2.31. The van der Waals surface area contributed by atoms with E-state index in [1.54, 1.807) is 12.1 Å². The van der Waals surface area contributed by atoms with Crippen LogP contribution in [0.2, 0.25) is 0 Å². The quantitative estimate of drug-likeness (QED) is 0.818. The number of rotatable bonds is 6. The molecule has 0 aliphatic rings. The van der Waals surface area contributed by atoms with Gasteiger partial charge in [-0.15, -0.1) is 5.10 Å². The summed E-state index contributed by atoms with van der Waals surface area (Å²) in [6.07, 6.45) is -5.08. The van der Waals surface area contributed by atoms with E-state index < -0.39 is 12.6 Å². The molecule has 0 unspecified atom stereocenters. The van der Waals surface area contributed by atoms with E-state index in [4.69, 9.17) is 4.74 Å². The second kappa shape index (κ2) is 6.88. The highest BCUT2D eigenvalue weighted by atomic mass is 19.4. The highest BCUT2D eigenvalue weighted by molar-refractivity contribution is 5.11. The van der Waals surface area contributed by atoms with Crippen molar-refractivity contribution < 1.29 is 17.9 Å². The Morgan fingerprint density at radius 2 is 1.85 bits per heavy atom. The Labute approximate surface area is 116 Å². The summed E-state index contributed by atoms with van der Waals surface area (Å²) < 4.78 is 40.9. The van der Waals surface area contributed by atoms with Gasteiger partial charge in [0.25, 0.3) is 0 Å². The van der Waals surface area contributed by atoms with Crippen LogP contribution in [0.4, 0.5) is 13.2 Å². The SMILES string of the molecule is CC(C)(C)NCc1ccc(OCCCC(F)(F)F)nn1. The normalized spacial score (nSPS) is 12.5. The van der Waals surface area contributed by atoms with E-state index in [0.717, 1.165) is 5.69 Å². The van der Waals surface area contributed by atoms with Gasteiger partial charge >= 0.3 is 6.18 Å². The molecule has 0 bridgehead atoms. The lowest BCUT2D eigenvalue weighted by molar-refractivity contribution is -0.136. The Kier molecular flexibility index (Phi) is 5.74. The van der Waals surface area contributed by atoms with Crippen LogP contribution in [-0.2, 0) is 6.54 Å². The van der Waals surface area contributed by atoms with Crippen LogP contribution in [-0.4, -0.2) is 28.5 Å². The van der Waals surface area contributed by atoms with Gasteiger partial charge in [0.15, 0.2) is 0 Å². The van der Waals surface area contributed by atoms with Crippen LogP contribution in [0.5, 0.6) is 5.88 Å². The van der Waals surface area contributed by atoms with Crippen LogP contribution in [0.1, 0.15) is 39.3 Å². The van der Waals surface area contributed by atoms with Gasteiger partial charge in [-0.1, -0.05) is 0 Å². The zero-order valence-corrected chi connectivity index (χ0v) is 11.9. The fraction of sp³-hybridized carbons (Fsp3) is 0.692. The number of aromatic nitrogens is 2. The van der Waals surface area contributed by atoms with Crippen molar-refractivity contribution in [3.63, 3.8) is 0 Å². The summed E-state index contributed by atoms with van der Waals surface area (Å²) in [4.78, 5) is 0. The molecule has 4 nitrogen and oxygen atoms in total. The van der Waals surface area contributed by atoms with Crippen molar-refractivity contribution in [2.24, 2.45) is 0 Å². The second-order valence-corrected chi connectivity index (χ2v) is 5.53. The van der Waals surface area contributed by atoms with E-state index >= 15 is 0 Å². The first-order valence-electron chi connectivity index (χ1n) is 6.43. The predicted molar refractivity (Wildman–Crippen MR) is 69.4 cm³/mol. The second-order valence-electron chi connectivity index (χ2n) is 5.53. The molecule has 1 heterocycles. The number of nitrogens with zero attached hydrogens (tertiary/aromatic N) is 2. The molecule has 1 aromatic rings. The predicted octanol–water partition coefficient (Wildman–Crippen LogP) is 3.09. The standard InChI is InChI=1S/C13H20F3N3O/c1-12(2,3)17-9-10-5-6-11(19-18-10)20-8-4-7-13(14,15)16/h5-6,17H,4,7-9H2,1-3H3. The lowest BCUT2D eigenvalue weighted by atomic mass is 10.1. The molecule has 0 atom stereocenters. The van der Waals surface area contributed by atoms with Gasteiger partial charge in [0.2, 0.25) is 5.88 Å². The zero-order chi connectivity index (χ0) is 15.2. The first kappa shape index (κ1) is 16.7. The van der Waals surface area contributed by atoms with E-state index in [-0.39, 0.29) is 24.4 Å². The Balaban J connectivity index is 2.32. The van der Waals surface area contributed by atoms with Gasteiger partial charge in [0, 0.05) is 24.6 Å². The number of ether oxygens (including phenoxy) is 1. The molecule has 0 fully saturated rings. The Hall–Kier alpha value is -1.37. The van der Waals surface area contributed by atoms with E-state index in [2.05, 4.69) is 15.5 Å². The smallest absolute Gasteiger partial charge is 0.389 e. The summed E-state index contributed by atoms with van der Waals surface area (Å²) in [7, 11) is 0. The largest absolute Gasteiger partial charge is 0.477 e. The highest BCUT2D eigenvalue weighted by Crippen LogP contribution is 2.21. The third-order valence-electron chi connectivity index (χ3n) is 2.35. The number of alkyl halides is 3. The van der Waals surface area contributed by atoms with Gasteiger partial charge in [0.05, 0.1) is 12.3 Å². The first-order valence-corrected chi connectivity index (χ1v) is 6.43. The van der Waals surface area contributed by atoms with E-state index in [1.807, 2.05) is 20.8 Å². The van der Waals surface area contributed by atoms with Gasteiger partial charge in [0.1, 0.15) is 0 Å². The van der Waals surface area contributed by atoms with Crippen molar-refractivity contribution >= 4 is 0 Å². The van der Waals surface area contributed by atoms with Crippen LogP contribution in [0.15, 0.2) is 12.1 Å². The van der Waals surface area contributed by atoms with E-state index in [0.29, 0.717) is 6.54 Å². The lowest BCUT2D eigenvalue weighted by Gasteiger charge is -2.19. The molecular weight excluding hydrogens is 271 g/mol. The van der Waals surface area contributed by atoms with Crippen molar-refractivity contribution in [2.75, 3.05) is 6.61 Å². The molecular formula is C13H20F3N3O. The Morgan fingerprint density at radius 3 is 2.35 bits per heavy atom. The molecule has 7 heteroatoms. The molecule has 20 heavy (non-hydrogen) atoms. The Morgan fingerprint density at radius 1 is 1.15 bits per heavy atom. The number of halogens is 3. The zero-order valence-electron chi connectivity index (χ0n) is 11.9. The molecule has 0 saturated heterocycles. The molecule has 0 saturated carbocycles. The van der Waals surface area contributed by atoms with Gasteiger partial charge < -0.3 is 10.1 Å². The van der Waals surface area contributed by atoms with Crippen LogP contribution in [0, 0.1) is 0 Å². The minimum absolute atomic E-state index is 0.0194. The maximum Gasteiger partial charge on any atom is 0.389 e. The third-order valence-corrected chi connectivity index (χ3v) is 2.35. The summed E-state index contributed by atoms with van der Waals surface area (Å²) in [6.45, 7) is 6.67. The molecule has 1 N–H and O–H groups in total. The van der Waals surface area contributed by atoms with Crippen molar-refractivity contribution in [1.29, 1.82) is 0 Å². The number of nitrogens with one attached hydrogen (secondary N) is 1.